The maximum Gasteiger partial charge on any atom is 0.490 e. The van der Waals surface area contributed by atoms with Gasteiger partial charge in [-0.25, -0.2) is 4.79 Å². The van der Waals surface area contributed by atoms with E-state index in [1.807, 2.05) is 5.92 Å². The third-order valence-electron chi connectivity index (χ3n) is 1.78. The Bertz CT molecular complexity index is 445. The number of alkyl halides is 3. The molecule has 90 valence electrons. The summed E-state index contributed by atoms with van der Waals surface area (Å²) in [5.74, 6) is -0.320. The fraction of sp³-hybridized carbons (Fsp3) is 0.182. The van der Waals surface area contributed by atoms with Crippen LogP contribution in [-0.2, 0) is 9.53 Å². The van der Waals surface area contributed by atoms with Crippen molar-refractivity contribution >= 4 is 21.9 Å². The molecule has 6 heteroatoms. The molecule has 0 N–H and O–H groups in total. The number of hydrogen-bond acceptors (Lipinski definition) is 2. The van der Waals surface area contributed by atoms with Gasteiger partial charge in [-0.05, 0) is 12.1 Å². The van der Waals surface area contributed by atoms with Gasteiger partial charge in [0.2, 0.25) is 0 Å². The van der Waals surface area contributed by atoms with Crippen molar-refractivity contribution in [1.29, 1.82) is 0 Å². The van der Waals surface area contributed by atoms with E-state index >= 15 is 0 Å². The van der Waals surface area contributed by atoms with Crippen LogP contribution in [0.1, 0.15) is 11.7 Å². The number of ether oxygens (including phenoxy) is 1. The number of carbonyl (C=O) groups is 1. The van der Waals surface area contributed by atoms with Crippen molar-refractivity contribution in [2.24, 2.45) is 0 Å². The summed E-state index contributed by atoms with van der Waals surface area (Å²) >= 11 is 3.16. The van der Waals surface area contributed by atoms with Crippen LogP contribution in [0.25, 0.3) is 0 Å². The maximum absolute atomic E-state index is 12.0. The van der Waals surface area contributed by atoms with Crippen LogP contribution in [0.3, 0.4) is 0 Å². The smallest absolute Gasteiger partial charge is 0.437 e. The van der Waals surface area contributed by atoms with Crippen molar-refractivity contribution in [3.05, 3.63) is 34.3 Å². The van der Waals surface area contributed by atoms with E-state index in [0.29, 0.717) is 5.56 Å². The van der Waals surface area contributed by atoms with Gasteiger partial charge in [-0.1, -0.05) is 34.0 Å². The SMILES string of the molecule is C#CC(OC(=O)C(F)(F)F)c1ccc(Br)cc1. The summed E-state index contributed by atoms with van der Waals surface area (Å²) < 4.78 is 40.8. The summed E-state index contributed by atoms with van der Waals surface area (Å²) in [5.41, 5.74) is 0.299. The lowest BCUT2D eigenvalue weighted by molar-refractivity contribution is -0.202. The number of halogens is 4. The largest absolute Gasteiger partial charge is 0.490 e. The first-order valence-corrected chi connectivity index (χ1v) is 5.13. The quantitative estimate of drug-likeness (QED) is 0.619. The summed E-state index contributed by atoms with van der Waals surface area (Å²) in [5, 5.41) is 0. The van der Waals surface area contributed by atoms with Gasteiger partial charge in [0.05, 0.1) is 0 Å². The Morgan fingerprint density at radius 3 is 2.29 bits per heavy atom. The lowest BCUT2D eigenvalue weighted by atomic mass is 10.1. The molecule has 0 aliphatic carbocycles. The summed E-state index contributed by atoms with van der Waals surface area (Å²) in [7, 11) is 0. The van der Waals surface area contributed by atoms with Crippen molar-refractivity contribution in [3.8, 4) is 12.3 Å². The molecular weight excluding hydrogens is 301 g/mol. The monoisotopic (exact) mass is 306 g/mol. The van der Waals surface area contributed by atoms with Crippen LogP contribution in [-0.4, -0.2) is 12.1 Å². The molecule has 0 spiro atoms. The molecule has 0 radical (unpaired) electrons. The highest BCUT2D eigenvalue weighted by Crippen LogP contribution is 2.24. The highest BCUT2D eigenvalue weighted by atomic mass is 79.9. The summed E-state index contributed by atoms with van der Waals surface area (Å²) in [6.45, 7) is 0. The molecule has 1 aromatic carbocycles. The number of benzene rings is 1. The molecule has 0 saturated heterocycles. The molecule has 0 heterocycles. The number of carbonyl (C=O) groups excluding carboxylic acids is 1. The molecule has 0 amide bonds. The van der Waals surface area contributed by atoms with Crippen molar-refractivity contribution in [2.75, 3.05) is 0 Å². The molecular formula is C11H6BrF3O2. The molecule has 1 unspecified atom stereocenters. The van der Waals surface area contributed by atoms with E-state index in [2.05, 4.69) is 20.7 Å². The molecule has 1 aromatic rings. The van der Waals surface area contributed by atoms with Crippen LogP contribution in [0.15, 0.2) is 28.7 Å². The number of esters is 1. The van der Waals surface area contributed by atoms with Crippen LogP contribution >= 0.6 is 15.9 Å². The molecule has 1 rings (SSSR count). The van der Waals surface area contributed by atoms with E-state index < -0.39 is 18.2 Å². The van der Waals surface area contributed by atoms with Crippen molar-refractivity contribution in [1.82, 2.24) is 0 Å². The zero-order valence-electron chi connectivity index (χ0n) is 8.29. The molecule has 0 aromatic heterocycles. The van der Waals surface area contributed by atoms with Gasteiger partial charge in [-0.2, -0.15) is 13.2 Å². The highest BCUT2D eigenvalue weighted by Gasteiger charge is 2.42. The Kier molecular flexibility index (Phi) is 4.18. The zero-order valence-corrected chi connectivity index (χ0v) is 9.88. The van der Waals surface area contributed by atoms with Crippen LogP contribution in [0.4, 0.5) is 13.2 Å². The van der Waals surface area contributed by atoms with E-state index in [0.717, 1.165) is 4.47 Å². The minimum absolute atomic E-state index is 0.299. The average Bonchev–Trinajstić information content (AvgIpc) is 2.25. The fourth-order valence-electron chi connectivity index (χ4n) is 1.01. The lowest BCUT2D eigenvalue weighted by Crippen LogP contribution is -2.26. The molecule has 1 atom stereocenters. The third-order valence-corrected chi connectivity index (χ3v) is 2.31. The zero-order chi connectivity index (χ0) is 13.1. The Balaban J connectivity index is 2.84. The normalized spacial score (nSPS) is 12.6. The first-order valence-electron chi connectivity index (χ1n) is 4.34. The highest BCUT2D eigenvalue weighted by molar-refractivity contribution is 9.10. The summed E-state index contributed by atoms with van der Waals surface area (Å²) in [4.78, 5) is 10.6. The number of terminal acetylenes is 1. The Morgan fingerprint density at radius 1 is 1.35 bits per heavy atom. The number of rotatable bonds is 2. The standard InChI is InChI=1S/C11H6BrF3O2/c1-2-9(17-10(16)11(13,14)15)7-3-5-8(12)6-4-7/h1,3-6,9H. The van der Waals surface area contributed by atoms with Crippen LogP contribution < -0.4 is 0 Å². The Hall–Kier alpha value is -1.48. The van der Waals surface area contributed by atoms with Crippen molar-refractivity contribution in [2.45, 2.75) is 12.3 Å². The average molecular weight is 307 g/mol. The van der Waals surface area contributed by atoms with Crippen LogP contribution in [0, 0.1) is 12.3 Å². The van der Waals surface area contributed by atoms with Gasteiger partial charge in [0.25, 0.3) is 0 Å². The first kappa shape index (κ1) is 13.6. The first-order chi connectivity index (χ1) is 7.84. The molecule has 0 bridgehead atoms. The van der Waals surface area contributed by atoms with E-state index in [9.17, 15) is 18.0 Å². The second kappa shape index (κ2) is 5.23. The van der Waals surface area contributed by atoms with Gasteiger partial charge in [-0.3, -0.25) is 0 Å². The van der Waals surface area contributed by atoms with Gasteiger partial charge in [0.1, 0.15) is 0 Å². The summed E-state index contributed by atoms with van der Waals surface area (Å²) in [6.07, 6.45) is -1.37. The predicted octanol–water partition coefficient (Wildman–Crippen LogP) is 3.23. The van der Waals surface area contributed by atoms with Gasteiger partial charge in [0, 0.05) is 10.0 Å². The molecule has 2 nitrogen and oxygen atoms in total. The minimum atomic E-state index is -5.05. The maximum atomic E-state index is 12.0. The fourth-order valence-corrected chi connectivity index (χ4v) is 1.27. The van der Waals surface area contributed by atoms with Crippen LogP contribution in [0.5, 0.6) is 0 Å². The molecule has 0 aliphatic rings. The van der Waals surface area contributed by atoms with Crippen molar-refractivity contribution < 1.29 is 22.7 Å². The van der Waals surface area contributed by atoms with Crippen LogP contribution in [0.2, 0.25) is 0 Å². The minimum Gasteiger partial charge on any atom is -0.437 e. The molecule has 17 heavy (non-hydrogen) atoms. The lowest BCUT2D eigenvalue weighted by Gasteiger charge is -2.13. The van der Waals surface area contributed by atoms with Gasteiger partial charge in [-0.15, -0.1) is 6.42 Å². The third kappa shape index (κ3) is 3.79. The van der Waals surface area contributed by atoms with Gasteiger partial charge in [0.15, 0.2) is 6.10 Å². The van der Waals surface area contributed by atoms with E-state index in [1.54, 1.807) is 12.1 Å². The second-order valence-electron chi connectivity index (χ2n) is 3.00. The van der Waals surface area contributed by atoms with Gasteiger partial charge < -0.3 is 4.74 Å². The number of hydrogen-bond donors (Lipinski definition) is 0. The van der Waals surface area contributed by atoms with E-state index in [1.165, 1.54) is 12.1 Å². The Labute approximate surface area is 104 Å². The van der Waals surface area contributed by atoms with E-state index in [4.69, 9.17) is 6.42 Å². The molecule has 0 saturated carbocycles. The summed E-state index contributed by atoms with van der Waals surface area (Å²) in [6, 6.07) is 6.11. The molecule has 0 fully saturated rings. The molecule has 0 aliphatic heterocycles. The van der Waals surface area contributed by atoms with E-state index in [-0.39, 0.29) is 0 Å². The van der Waals surface area contributed by atoms with Gasteiger partial charge >= 0.3 is 12.1 Å². The van der Waals surface area contributed by atoms with Crippen molar-refractivity contribution in [3.63, 3.8) is 0 Å². The predicted molar refractivity (Wildman–Crippen MR) is 57.9 cm³/mol. The second-order valence-corrected chi connectivity index (χ2v) is 3.92. The Morgan fingerprint density at radius 2 is 1.88 bits per heavy atom. The topological polar surface area (TPSA) is 26.3 Å².